The molecule has 0 bridgehead atoms. The Hall–Kier alpha value is -2.06. The average molecular weight is 458 g/mol. The highest BCUT2D eigenvalue weighted by Gasteiger charge is 2.12. The number of oxime groups is 1. The van der Waals surface area contributed by atoms with Crippen molar-refractivity contribution < 1.29 is 19.8 Å². The van der Waals surface area contributed by atoms with Crippen LogP contribution in [0.1, 0.15) is 12.5 Å². The predicted octanol–water partition coefficient (Wildman–Crippen LogP) is 4.67. The quantitative estimate of drug-likeness (QED) is 0.345. The Bertz CT molecular complexity index is 771. The number of aromatic hydroxyl groups is 1. The van der Waals surface area contributed by atoms with Crippen LogP contribution in [0.25, 0.3) is 0 Å². The first-order valence-corrected chi connectivity index (χ1v) is 8.50. The normalized spacial score (nSPS) is 10.8. The molecule has 0 radical (unpaired) electrons. The molecule has 2 aromatic carbocycles. The van der Waals surface area contributed by atoms with Crippen molar-refractivity contribution >= 4 is 49.7 Å². The number of hydrogen-bond acceptors (Lipinski definition) is 5. The number of phenolic OH excluding ortho intramolecular Hbond substituents is 1. The molecule has 0 aromatic heterocycles. The van der Waals surface area contributed by atoms with Gasteiger partial charge in [0.05, 0.1) is 8.95 Å². The lowest BCUT2D eigenvalue weighted by Crippen LogP contribution is -2.12. The summed E-state index contributed by atoms with van der Waals surface area (Å²) in [6, 6.07) is 8.33. The number of amides is 1. The van der Waals surface area contributed by atoms with Gasteiger partial charge in [0.25, 0.3) is 5.91 Å². The summed E-state index contributed by atoms with van der Waals surface area (Å²) in [6.45, 7) is 1.94. The van der Waals surface area contributed by atoms with Crippen molar-refractivity contribution in [1.29, 1.82) is 0 Å². The minimum atomic E-state index is -0.559. The molecule has 6 nitrogen and oxygen atoms in total. The Kier molecular flexibility index (Phi) is 6.22. The van der Waals surface area contributed by atoms with E-state index in [9.17, 15) is 9.90 Å². The van der Waals surface area contributed by atoms with Gasteiger partial charge in [-0.1, -0.05) is 12.1 Å². The van der Waals surface area contributed by atoms with Crippen LogP contribution < -0.4 is 10.1 Å². The molecule has 126 valence electrons. The molecular formula is C16H14Br2N2O4. The van der Waals surface area contributed by atoms with Gasteiger partial charge in [-0.25, -0.2) is 0 Å². The number of carbonyl (C=O) groups is 1. The molecule has 0 aliphatic carbocycles. The lowest BCUT2D eigenvalue weighted by Gasteiger charge is -2.13. The topological polar surface area (TPSA) is 91.2 Å². The summed E-state index contributed by atoms with van der Waals surface area (Å²) >= 11 is 6.79. The summed E-state index contributed by atoms with van der Waals surface area (Å²) in [6.07, 6.45) is 1.44. The first-order chi connectivity index (χ1) is 11.4. The lowest BCUT2D eigenvalue weighted by molar-refractivity contribution is -0.110. The van der Waals surface area contributed by atoms with Gasteiger partial charge < -0.3 is 20.4 Å². The summed E-state index contributed by atoms with van der Waals surface area (Å²) in [4.78, 5) is 11.4. The molecule has 0 heterocycles. The summed E-state index contributed by atoms with van der Waals surface area (Å²) in [5.41, 5.74) is 1.28. The van der Waals surface area contributed by atoms with Gasteiger partial charge in [-0.3, -0.25) is 4.79 Å². The first-order valence-electron chi connectivity index (χ1n) is 6.91. The third kappa shape index (κ3) is 4.48. The molecule has 0 saturated carbocycles. The van der Waals surface area contributed by atoms with Crippen molar-refractivity contribution in [2.24, 2.45) is 5.16 Å². The summed E-state index contributed by atoms with van der Waals surface area (Å²) in [7, 11) is 0. The number of nitrogens with zero attached hydrogens (tertiary/aromatic N) is 1. The zero-order valence-corrected chi connectivity index (χ0v) is 15.8. The number of nitrogens with one attached hydrogen (secondary N) is 1. The maximum atomic E-state index is 11.4. The average Bonchev–Trinajstić information content (AvgIpc) is 2.52. The molecular weight excluding hydrogens is 444 g/mol. The van der Waals surface area contributed by atoms with Crippen LogP contribution in [0.4, 0.5) is 5.69 Å². The number of halogens is 2. The zero-order valence-electron chi connectivity index (χ0n) is 12.6. The second kappa shape index (κ2) is 8.16. The second-order valence-corrected chi connectivity index (χ2v) is 6.46. The largest absolute Gasteiger partial charge is 0.508 e. The van der Waals surface area contributed by atoms with Crippen molar-refractivity contribution in [2.75, 3.05) is 5.32 Å². The fourth-order valence-corrected chi connectivity index (χ4v) is 3.33. The third-order valence-electron chi connectivity index (χ3n) is 3.09. The molecule has 2 aromatic rings. The molecule has 24 heavy (non-hydrogen) atoms. The number of ether oxygens (including phenoxy) is 1. The number of benzene rings is 2. The molecule has 0 aliphatic rings. The van der Waals surface area contributed by atoms with E-state index < -0.39 is 5.91 Å². The molecule has 0 unspecified atom stereocenters. The SMILES string of the molecule is CCc1cc(Oc2c(Br)cc(NC(=O)/C=N/O)cc2Br)ccc1O. The summed E-state index contributed by atoms with van der Waals surface area (Å²) < 4.78 is 7.08. The van der Waals surface area contributed by atoms with E-state index in [0.717, 1.165) is 11.8 Å². The van der Waals surface area contributed by atoms with Crippen LogP contribution in [0.3, 0.4) is 0 Å². The summed E-state index contributed by atoms with van der Waals surface area (Å²) in [5, 5.41) is 23.3. The van der Waals surface area contributed by atoms with E-state index in [-0.39, 0.29) is 5.75 Å². The fourth-order valence-electron chi connectivity index (χ4n) is 1.98. The number of hydrogen-bond donors (Lipinski definition) is 3. The van der Waals surface area contributed by atoms with Crippen molar-refractivity contribution in [2.45, 2.75) is 13.3 Å². The van der Waals surface area contributed by atoms with Gasteiger partial charge in [-0.05, 0) is 74.2 Å². The smallest absolute Gasteiger partial charge is 0.270 e. The van der Waals surface area contributed by atoms with Gasteiger partial charge in [0, 0.05) is 5.69 Å². The molecule has 8 heteroatoms. The Labute approximate surface area is 155 Å². The fraction of sp³-hybridized carbons (Fsp3) is 0.125. The van der Waals surface area contributed by atoms with Crippen LogP contribution in [-0.2, 0) is 11.2 Å². The lowest BCUT2D eigenvalue weighted by atomic mass is 10.1. The zero-order chi connectivity index (χ0) is 17.7. The highest BCUT2D eigenvalue weighted by molar-refractivity contribution is 9.11. The highest BCUT2D eigenvalue weighted by atomic mass is 79.9. The van der Waals surface area contributed by atoms with Gasteiger partial charge in [-0.15, -0.1) is 0 Å². The van der Waals surface area contributed by atoms with E-state index in [2.05, 4.69) is 42.3 Å². The van der Waals surface area contributed by atoms with Crippen LogP contribution in [-0.4, -0.2) is 22.4 Å². The Balaban J connectivity index is 2.27. The molecule has 1 amide bonds. The summed E-state index contributed by atoms with van der Waals surface area (Å²) in [5.74, 6) is 0.773. The number of carbonyl (C=O) groups excluding carboxylic acids is 1. The van der Waals surface area contributed by atoms with E-state index in [1.807, 2.05) is 6.92 Å². The van der Waals surface area contributed by atoms with Gasteiger partial charge in [-0.2, -0.15) is 0 Å². The standard InChI is InChI=1S/C16H14Br2N2O4/c1-2-9-5-11(3-4-14(9)21)24-16-12(17)6-10(7-13(16)18)20-15(22)8-19-23/h3-8,21,23H,2H2,1H3,(H,20,22)/b19-8+. The maximum Gasteiger partial charge on any atom is 0.270 e. The maximum absolute atomic E-state index is 11.4. The molecule has 0 atom stereocenters. The van der Waals surface area contributed by atoms with Gasteiger partial charge in [0.2, 0.25) is 0 Å². The number of anilines is 1. The van der Waals surface area contributed by atoms with E-state index in [1.54, 1.807) is 30.3 Å². The van der Waals surface area contributed by atoms with E-state index in [4.69, 9.17) is 9.94 Å². The molecule has 0 spiro atoms. The number of aryl methyl sites for hydroxylation is 1. The van der Waals surface area contributed by atoms with Gasteiger partial charge in [0.1, 0.15) is 17.7 Å². The van der Waals surface area contributed by atoms with Crippen LogP contribution in [0.2, 0.25) is 0 Å². The van der Waals surface area contributed by atoms with Crippen LogP contribution >= 0.6 is 31.9 Å². The molecule has 0 saturated heterocycles. The predicted molar refractivity (Wildman–Crippen MR) is 98.3 cm³/mol. The van der Waals surface area contributed by atoms with Crippen molar-refractivity contribution in [3.63, 3.8) is 0 Å². The van der Waals surface area contributed by atoms with E-state index in [1.165, 1.54) is 0 Å². The number of rotatable bonds is 5. The molecule has 2 rings (SSSR count). The van der Waals surface area contributed by atoms with Gasteiger partial charge in [0.15, 0.2) is 5.75 Å². The van der Waals surface area contributed by atoms with Crippen molar-refractivity contribution in [3.05, 3.63) is 44.8 Å². The minimum Gasteiger partial charge on any atom is -0.508 e. The Morgan fingerprint density at radius 2 is 1.96 bits per heavy atom. The molecule has 3 N–H and O–H groups in total. The monoisotopic (exact) mass is 456 g/mol. The Morgan fingerprint density at radius 3 is 2.54 bits per heavy atom. The van der Waals surface area contributed by atoms with E-state index in [0.29, 0.717) is 32.6 Å². The van der Waals surface area contributed by atoms with Crippen LogP contribution in [0.15, 0.2) is 44.4 Å². The Morgan fingerprint density at radius 1 is 1.29 bits per heavy atom. The van der Waals surface area contributed by atoms with Gasteiger partial charge >= 0.3 is 0 Å². The van der Waals surface area contributed by atoms with E-state index >= 15 is 0 Å². The highest BCUT2D eigenvalue weighted by Crippen LogP contribution is 2.40. The van der Waals surface area contributed by atoms with Crippen LogP contribution in [0, 0.1) is 0 Å². The van der Waals surface area contributed by atoms with Crippen molar-refractivity contribution in [1.82, 2.24) is 0 Å². The minimum absolute atomic E-state index is 0.228. The molecule has 0 fully saturated rings. The third-order valence-corrected chi connectivity index (χ3v) is 4.27. The molecule has 0 aliphatic heterocycles. The first kappa shape index (κ1) is 18.3. The number of phenols is 1. The van der Waals surface area contributed by atoms with Crippen molar-refractivity contribution in [3.8, 4) is 17.2 Å². The second-order valence-electron chi connectivity index (χ2n) is 4.75. The van der Waals surface area contributed by atoms with Crippen LogP contribution in [0.5, 0.6) is 17.2 Å².